The highest BCUT2D eigenvalue weighted by atomic mass is 79.9. The van der Waals surface area contributed by atoms with E-state index in [1.165, 1.54) is 11.6 Å². The fraction of sp³-hybridized carbons (Fsp3) is 0.294. The molecular formula is C17H19BrFNO. The number of benzene rings is 2. The second kappa shape index (κ2) is 7.05. The number of rotatable bonds is 5. The highest BCUT2D eigenvalue weighted by Gasteiger charge is 2.07. The topological polar surface area (TPSA) is 21.3 Å². The first kappa shape index (κ1) is 16.0. The van der Waals surface area contributed by atoms with Crippen LogP contribution in [0.25, 0.3) is 0 Å². The van der Waals surface area contributed by atoms with Gasteiger partial charge in [-0.15, -0.1) is 0 Å². The summed E-state index contributed by atoms with van der Waals surface area (Å²) < 4.78 is 20.1. The van der Waals surface area contributed by atoms with Crippen molar-refractivity contribution in [3.8, 4) is 11.5 Å². The molecule has 1 N–H and O–H groups in total. The fourth-order valence-corrected chi connectivity index (χ4v) is 2.27. The Bertz CT molecular complexity index is 628. The normalized spacial score (nSPS) is 11.0. The molecule has 0 spiro atoms. The molecule has 112 valence electrons. The SMILES string of the molecule is Cc1cc(Oc2cc(Br)ccc2F)ccc1CNC(C)C. The van der Waals surface area contributed by atoms with Crippen LogP contribution in [0, 0.1) is 12.7 Å². The molecule has 0 heterocycles. The zero-order valence-electron chi connectivity index (χ0n) is 12.4. The molecule has 0 bridgehead atoms. The van der Waals surface area contributed by atoms with Gasteiger partial charge in [0.15, 0.2) is 11.6 Å². The van der Waals surface area contributed by atoms with Crippen LogP contribution in [-0.2, 0) is 6.54 Å². The highest BCUT2D eigenvalue weighted by Crippen LogP contribution is 2.28. The Hall–Kier alpha value is -1.39. The fourth-order valence-electron chi connectivity index (χ4n) is 1.93. The van der Waals surface area contributed by atoms with Crippen LogP contribution in [0.15, 0.2) is 40.9 Å². The first-order chi connectivity index (χ1) is 9.95. The van der Waals surface area contributed by atoms with E-state index in [0.717, 1.165) is 16.6 Å². The van der Waals surface area contributed by atoms with Gasteiger partial charge >= 0.3 is 0 Å². The average molecular weight is 352 g/mol. The van der Waals surface area contributed by atoms with Crippen molar-refractivity contribution in [2.45, 2.75) is 33.4 Å². The van der Waals surface area contributed by atoms with E-state index in [-0.39, 0.29) is 11.6 Å². The quantitative estimate of drug-likeness (QED) is 0.800. The van der Waals surface area contributed by atoms with Crippen molar-refractivity contribution in [2.24, 2.45) is 0 Å². The highest BCUT2D eigenvalue weighted by molar-refractivity contribution is 9.10. The summed E-state index contributed by atoms with van der Waals surface area (Å²) in [5, 5.41) is 3.38. The molecule has 0 aliphatic carbocycles. The lowest BCUT2D eigenvalue weighted by Gasteiger charge is -2.13. The van der Waals surface area contributed by atoms with Crippen LogP contribution in [0.3, 0.4) is 0 Å². The molecule has 0 aliphatic rings. The summed E-state index contributed by atoms with van der Waals surface area (Å²) in [4.78, 5) is 0. The number of halogens is 2. The summed E-state index contributed by atoms with van der Waals surface area (Å²) in [6, 6.07) is 10.9. The molecular weight excluding hydrogens is 333 g/mol. The van der Waals surface area contributed by atoms with Crippen LogP contribution in [0.2, 0.25) is 0 Å². The molecule has 2 nitrogen and oxygen atoms in total. The second-order valence-electron chi connectivity index (χ2n) is 5.30. The third kappa shape index (κ3) is 4.55. The van der Waals surface area contributed by atoms with Crippen molar-refractivity contribution in [3.63, 3.8) is 0 Å². The molecule has 0 aliphatic heterocycles. The van der Waals surface area contributed by atoms with Gasteiger partial charge in [-0.2, -0.15) is 0 Å². The maximum atomic E-state index is 13.7. The summed E-state index contributed by atoms with van der Waals surface area (Å²) in [6.07, 6.45) is 0. The van der Waals surface area contributed by atoms with E-state index in [1.807, 2.05) is 25.1 Å². The Morgan fingerprint density at radius 2 is 1.95 bits per heavy atom. The zero-order valence-corrected chi connectivity index (χ0v) is 14.0. The summed E-state index contributed by atoms with van der Waals surface area (Å²) in [7, 11) is 0. The van der Waals surface area contributed by atoms with Crippen LogP contribution in [0.5, 0.6) is 11.5 Å². The summed E-state index contributed by atoms with van der Waals surface area (Å²) in [6.45, 7) is 7.07. The molecule has 0 amide bonds. The number of hydrogen-bond donors (Lipinski definition) is 1. The van der Waals surface area contributed by atoms with Gasteiger partial charge in [0.05, 0.1) is 0 Å². The van der Waals surface area contributed by atoms with Crippen molar-refractivity contribution in [2.75, 3.05) is 0 Å². The standard InChI is InChI=1S/C17H19BrFNO/c1-11(2)20-10-13-4-6-15(8-12(13)3)21-17-9-14(18)5-7-16(17)19/h4-9,11,20H,10H2,1-3H3. The van der Waals surface area contributed by atoms with Gasteiger partial charge in [-0.05, 0) is 48.4 Å². The molecule has 0 saturated carbocycles. The van der Waals surface area contributed by atoms with Crippen LogP contribution in [0.1, 0.15) is 25.0 Å². The number of nitrogens with one attached hydrogen (secondary N) is 1. The lowest BCUT2D eigenvalue weighted by Crippen LogP contribution is -2.22. The largest absolute Gasteiger partial charge is 0.454 e. The van der Waals surface area contributed by atoms with Gasteiger partial charge in [-0.25, -0.2) is 4.39 Å². The van der Waals surface area contributed by atoms with Gasteiger partial charge in [-0.3, -0.25) is 0 Å². The van der Waals surface area contributed by atoms with Crippen molar-refractivity contribution in [1.82, 2.24) is 5.32 Å². The maximum Gasteiger partial charge on any atom is 0.165 e. The number of hydrogen-bond acceptors (Lipinski definition) is 2. The third-order valence-corrected chi connectivity index (χ3v) is 3.63. The van der Waals surface area contributed by atoms with E-state index in [4.69, 9.17) is 4.74 Å². The van der Waals surface area contributed by atoms with E-state index < -0.39 is 0 Å². The molecule has 2 aromatic carbocycles. The molecule has 4 heteroatoms. The van der Waals surface area contributed by atoms with E-state index in [9.17, 15) is 4.39 Å². The molecule has 2 aromatic rings. The molecule has 0 aromatic heterocycles. The van der Waals surface area contributed by atoms with Crippen LogP contribution in [-0.4, -0.2) is 6.04 Å². The smallest absolute Gasteiger partial charge is 0.165 e. The third-order valence-electron chi connectivity index (χ3n) is 3.14. The minimum atomic E-state index is -0.374. The van der Waals surface area contributed by atoms with Crippen molar-refractivity contribution < 1.29 is 9.13 Å². The number of ether oxygens (including phenoxy) is 1. The van der Waals surface area contributed by atoms with Crippen molar-refractivity contribution in [3.05, 3.63) is 57.8 Å². The molecule has 0 radical (unpaired) electrons. The minimum absolute atomic E-state index is 0.219. The van der Waals surface area contributed by atoms with E-state index in [2.05, 4.69) is 35.1 Å². The molecule has 2 rings (SSSR count). The van der Waals surface area contributed by atoms with E-state index in [0.29, 0.717) is 11.8 Å². The van der Waals surface area contributed by atoms with Gasteiger partial charge in [0, 0.05) is 17.1 Å². The van der Waals surface area contributed by atoms with Gasteiger partial charge in [0.25, 0.3) is 0 Å². The average Bonchev–Trinajstić information content (AvgIpc) is 2.42. The Labute approximate surface area is 133 Å². The Balaban J connectivity index is 2.14. The Kier molecular flexibility index (Phi) is 5.37. The van der Waals surface area contributed by atoms with Crippen LogP contribution < -0.4 is 10.1 Å². The maximum absolute atomic E-state index is 13.7. The zero-order chi connectivity index (χ0) is 15.4. The van der Waals surface area contributed by atoms with Crippen molar-refractivity contribution in [1.29, 1.82) is 0 Å². The summed E-state index contributed by atoms with van der Waals surface area (Å²) >= 11 is 3.31. The van der Waals surface area contributed by atoms with Crippen LogP contribution in [0.4, 0.5) is 4.39 Å². The molecule has 0 unspecified atom stereocenters. The van der Waals surface area contributed by atoms with Gasteiger partial charge in [0.1, 0.15) is 5.75 Å². The van der Waals surface area contributed by atoms with Gasteiger partial charge in [-0.1, -0.05) is 35.8 Å². The van der Waals surface area contributed by atoms with Crippen LogP contribution >= 0.6 is 15.9 Å². The summed E-state index contributed by atoms with van der Waals surface area (Å²) in [5.41, 5.74) is 2.34. The molecule has 21 heavy (non-hydrogen) atoms. The predicted octanol–water partition coefficient (Wildman–Crippen LogP) is 5.19. The molecule has 0 atom stereocenters. The lowest BCUT2D eigenvalue weighted by atomic mass is 10.1. The first-order valence-corrected chi connectivity index (χ1v) is 7.71. The predicted molar refractivity (Wildman–Crippen MR) is 87.3 cm³/mol. The molecule has 0 saturated heterocycles. The van der Waals surface area contributed by atoms with E-state index >= 15 is 0 Å². The van der Waals surface area contributed by atoms with Gasteiger partial charge < -0.3 is 10.1 Å². The number of aryl methyl sites for hydroxylation is 1. The minimum Gasteiger partial charge on any atom is -0.454 e. The Morgan fingerprint density at radius 3 is 2.62 bits per heavy atom. The first-order valence-electron chi connectivity index (χ1n) is 6.91. The summed E-state index contributed by atoms with van der Waals surface area (Å²) in [5.74, 6) is 0.482. The van der Waals surface area contributed by atoms with Crippen molar-refractivity contribution >= 4 is 15.9 Å². The van der Waals surface area contributed by atoms with Gasteiger partial charge in [0.2, 0.25) is 0 Å². The Morgan fingerprint density at radius 1 is 1.19 bits per heavy atom. The molecule has 0 fully saturated rings. The monoisotopic (exact) mass is 351 g/mol. The van der Waals surface area contributed by atoms with E-state index in [1.54, 1.807) is 12.1 Å². The lowest BCUT2D eigenvalue weighted by molar-refractivity contribution is 0.441. The second-order valence-corrected chi connectivity index (χ2v) is 6.22.